The molecule has 0 fully saturated rings. The van der Waals surface area contributed by atoms with Gasteiger partial charge >= 0.3 is 0 Å². The highest BCUT2D eigenvalue weighted by atomic mass is 28.4. The Kier molecular flexibility index (Phi) is 4.28. The van der Waals surface area contributed by atoms with Gasteiger partial charge in [-0.25, -0.2) is 0 Å². The quantitative estimate of drug-likeness (QED) is 0.579. The Hall–Kier alpha value is -2.42. The van der Waals surface area contributed by atoms with Crippen LogP contribution in [0, 0.1) is 0 Å². The molecule has 0 unspecified atom stereocenters. The summed E-state index contributed by atoms with van der Waals surface area (Å²) < 4.78 is 0. The summed E-state index contributed by atoms with van der Waals surface area (Å²) in [4.78, 5) is 12.0. The molecule has 114 valence electrons. The molecule has 0 aliphatic carbocycles. The second-order valence-corrected chi connectivity index (χ2v) is 8.88. The zero-order valence-electron chi connectivity index (χ0n) is 13.2. The van der Waals surface area contributed by atoms with Gasteiger partial charge in [-0.3, -0.25) is 0 Å². The summed E-state index contributed by atoms with van der Waals surface area (Å²) in [5.74, 6) is 0. The third-order valence-corrected chi connectivity index (χ3v) is 7.71. The van der Waals surface area contributed by atoms with E-state index in [2.05, 4.69) is 6.58 Å². The first kappa shape index (κ1) is 15.5. The number of hydrogen-bond donors (Lipinski definition) is 1. The Morgan fingerprint density at radius 1 is 0.739 bits per heavy atom. The second kappa shape index (κ2) is 6.37. The third-order valence-electron chi connectivity index (χ3n) is 4.16. The van der Waals surface area contributed by atoms with Crippen LogP contribution in [0.1, 0.15) is 12.5 Å². The molecule has 1 nitrogen and oxygen atoms in total. The smallest absolute Gasteiger partial charge is 0.286 e. The minimum absolute atomic E-state index is 0.971. The first-order valence-electron chi connectivity index (χ1n) is 7.73. The fourth-order valence-corrected chi connectivity index (χ4v) is 6.34. The summed E-state index contributed by atoms with van der Waals surface area (Å²) in [5, 5.41) is 2.96. The molecule has 0 atom stereocenters. The van der Waals surface area contributed by atoms with Gasteiger partial charge in [-0.05, 0) is 28.0 Å². The molecule has 2 heteroatoms. The van der Waals surface area contributed by atoms with E-state index in [1.807, 2.05) is 91.9 Å². The van der Waals surface area contributed by atoms with Crippen molar-refractivity contribution in [3.8, 4) is 0 Å². The van der Waals surface area contributed by atoms with Crippen molar-refractivity contribution in [3.05, 3.63) is 97.1 Å². The highest BCUT2D eigenvalue weighted by Crippen LogP contribution is 2.14. The maximum Gasteiger partial charge on any atom is 0.286 e. The highest BCUT2D eigenvalue weighted by Gasteiger charge is 2.39. The van der Waals surface area contributed by atoms with Crippen LogP contribution in [0.2, 0.25) is 0 Å². The molecule has 0 aliphatic heterocycles. The molecule has 1 N–H and O–H groups in total. The Balaban J connectivity index is 2.33. The van der Waals surface area contributed by atoms with E-state index in [-0.39, 0.29) is 0 Å². The molecule has 0 spiro atoms. The molecule has 0 aromatic heterocycles. The minimum atomic E-state index is -3.05. The average molecular weight is 316 g/mol. The van der Waals surface area contributed by atoms with Gasteiger partial charge in [0.2, 0.25) is 0 Å². The SMILES string of the molecule is C=C(C)c1ccccc1[Si](O)(c1ccccc1)c1ccccc1. The van der Waals surface area contributed by atoms with Crippen LogP contribution in [0.4, 0.5) is 0 Å². The van der Waals surface area contributed by atoms with Crippen LogP contribution in [0.3, 0.4) is 0 Å². The van der Waals surface area contributed by atoms with Crippen molar-refractivity contribution < 1.29 is 4.80 Å². The monoisotopic (exact) mass is 316 g/mol. The molecule has 3 aromatic rings. The van der Waals surface area contributed by atoms with Crippen LogP contribution in [-0.4, -0.2) is 13.1 Å². The van der Waals surface area contributed by atoms with Gasteiger partial charge in [0.05, 0.1) is 0 Å². The predicted molar refractivity (Wildman–Crippen MR) is 101 cm³/mol. The molecule has 3 rings (SSSR count). The first-order valence-corrected chi connectivity index (χ1v) is 9.67. The average Bonchev–Trinajstić information content (AvgIpc) is 2.62. The number of allylic oxidation sites excluding steroid dienone is 1. The van der Waals surface area contributed by atoms with Crippen molar-refractivity contribution in [3.63, 3.8) is 0 Å². The molecule has 3 aromatic carbocycles. The standard InChI is InChI=1S/C21H20OSi/c1-17(2)20-15-9-10-16-21(20)23(22,18-11-5-3-6-12-18)19-13-7-4-8-14-19/h3-16,22H,1H2,2H3. The zero-order valence-corrected chi connectivity index (χ0v) is 14.2. The van der Waals surface area contributed by atoms with Crippen LogP contribution in [-0.2, 0) is 0 Å². The predicted octanol–water partition coefficient (Wildman–Crippen LogP) is 2.68. The Morgan fingerprint density at radius 2 is 1.17 bits per heavy atom. The van der Waals surface area contributed by atoms with Crippen molar-refractivity contribution in [2.24, 2.45) is 0 Å². The molecule has 0 saturated carbocycles. The molecular weight excluding hydrogens is 296 g/mol. The van der Waals surface area contributed by atoms with Crippen LogP contribution in [0.5, 0.6) is 0 Å². The molecule has 23 heavy (non-hydrogen) atoms. The normalized spacial score (nSPS) is 11.2. The molecule has 0 bridgehead atoms. The lowest BCUT2D eigenvalue weighted by atomic mass is 10.1. The van der Waals surface area contributed by atoms with Gasteiger partial charge < -0.3 is 4.80 Å². The van der Waals surface area contributed by atoms with E-state index < -0.39 is 8.32 Å². The number of benzene rings is 3. The fraction of sp³-hybridized carbons (Fsp3) is 0.0476. The van der Waals surface area contributed by atoms with Gasteiger partial charge in [0, 0.05) is 0 Å². The molecular formula is C21H20OSi. The highest BCUT2D eigenvalue weighted by molar-refractivity contribution is 7.06. The van der Waals surface area contributed by atoms with E-state index in [1.165, 1.54) is 0 Å². The van der Waals surface area contributed by atoms with Gasteiger partial charge in [-0.1, -0.05) is 97.1 Å². The topological polar surface area (TPSA) is 20.2 Å². The Morgan fingerprint density at radius 3 is 1.65 bits per heavy atom. The zero-order chi connectivity index (χ0) is 16.3. The lowest BCUT2D eigenvalue weighted by Crippen LogP contribution is -2.68. The van der Waals surface area contributed by atoms with E-state index >= 15 is 0 Å². The maximum atomic E-state index is 12.0. The number of rotatable bonds is 4. The van der Waals surface area contributed by atoms with Gasteiger partial charge in [-0.15, -0.1) is 0 Å². The lowest BCUT2D eigenvalue weighted by molar-refractivity contribution is 0.583. The largest absolute Gasteiger partial charge is 0.421 e. The van der Waals surface area contributed by atoms with Crippen molar-refractivity contribution in [1.82, 2.24) is 0 Å². The second-order valence-electron chi connectivity index (χ2n) is 5.77. The molecule has 0 amide bonds. The molecule has 0 heterocycles. The first-order chi connectivity index (χ1) is 11.1. The Bertz CT molecular complexity index is 770. The summed E-state index contributed by atoms with van der Waals surface area (Å²) >= 11 is 0. The van der Waals surface area contributed by atoms with E-state index in [9.17, 15) is 4.80 Å². The summed E-state index contributed by atoms with van der Waals surface area (Å²) in [5.41, 5.74) is 2.01. The summed E-state index contributed by atoms with van der Waals surface area (Å²) in [6.07, 6.45) is 0. The Labute approximate surface area is 138 Å². The van der Waals surface area contributed by atoms with Gasteiger partial charge in [-0.2, -0.15) is 0 Å². The lowest BCUT2D eigenvalue weighted by Gasteiger charge is -2.29. The summed E-state index contributed by atoms with van der Waals surface area (Å²) in [6.45, 7) is 6.09. The van der Waals surface area contributed by atoms with E-state index in [0.717, 1.165) is 26.7 Å². The minimum Gasteiger partial charge on any atom is -0.421 e. The third kappa shape index (κ3) is 2.79. The van der Waals surface area contributed by atoms with Crippen molar-refractivity contribution in [2.45, 2.75) is 6.92 Å². The van der Waals surface area contributed by atoms with E-state index in [4.69, 9.17) is 0 Å². The van der Waals surface area contributed by atoms with Gasteiger partial charge in [0.25, 0.3) is 8.32 Å². The van der Waals surface area contributed by atoms with Crippen molar-refractivity contribution in [1.29, 1.82) is 0 Å². The van der Waals surface area contributed by atoms with Crippen LogP contribution in [0.25, 0.3) is 5.57 Å². The summed E-state index contributed by atoms with van der Waals surface area (Å²) in [7, 11) is -3.05. The maximum absolute atomic E-state index is 12.0. The van der Waals surface area contributed by atoms with Crippen LogP contribution >= 0.6 is 0 Å². The molecule has 0 radical (unpaired) electrons. The van der Waals surface area contributed by atoms with Crippen molar-refractivity contribution in [2.75, 3.05) is 0 Å². The van der Waals surface area contributed by atoms with Gasteiger partial charge in [0.15, 0.2) is 0 Å². The van der Waals surface area contributed by atoms with Crippen molar-refractivity contribution >= 4 is 29.5 Å². The number of hydrogen-bond acceptors (Lipinski definition) is 1. The molecule has 0 saturated heterocycles. The fourth-order valence-electron chi connectivity index (χ4n) is 3.01. The van der Waals surface area contributed by atoms with Gasteiger partial charge in [0.1, 0.15) is 0 Å². The van der Waals surface area contributed by atoms with Crippen LogP contribution in [0.15, 0.2) is 91.5 Å². The van der Waals surface area contributed by atoms with Crippen LogP contribution < -0.4 is 15.6 Å². The summed E-state index contributed by atoms with van der Waals surface area (Å²) in [6, 6.07) is 28.1. The van der Waals surface area contributed by atoms with E-state index in [0.29, 0.717) is 0 Å². The van der Waals surface area contributed by atoms with E-state index in [1.54, 1.807) is 0 Å². The molecule has 0 aliphatic rings.